The number of aromatic nitrogens is 3. The Kier molecular flexibility index (Phi) is 7.09. The summed E-state index contributed by atoms with van der Waals surface area (Å²) in [6, 6.07) is 13.5. The number of amides is 1. The van der Waals surface area contributed by atoms with Crippen molar-refractivity contribution in [1.82, 2.24) is 14.8 Å². The summed E-state index contributed by atoms with van der Waals surface area (Å²) in [5, 5.41) is 11.6. The van der Waals surface area contributed by atoms with Gasteiger partial charge in [-0.2, -0.15) is 13.2 Å². The zero-order valence-corrected chi connectivity index (χ0v) is 17.1. The number of nitrogens with zero attached hydrogens (tertiary/aromatic N) is 3. The third-order valence-electron chi connectivity index (χ3n) is 3.49. The topological polar surface area (TPSA) is 59.8 Å². The van der Waals surface area contributed by atoms with Gasteiger partial charge in [0.1, 0.15) is 6.33 Å². The summed E-state index contributed by atoms with van der Waals surface area (Å²) >= 11 is 7.78. The fraction of sp³-hybridized carbons (Fsp3) is 0.167. The van der Waals surface area contributed by atoms with E-state index in [9.17, 15) is 18.0 Å². The van der Waals surface area contributed by atoms with E-state index in [0.717, 1.165) is 17.4 Å². The lowest BCUT2D eigenvalue weighted by Crippen LogP contribution is -2.16. The molecule has 1 aromatic heterocycles. The molecule has 0 aliphatic carbocycles. The molecule has 0 saturated carbocycles. The van der Waals surface area contributed by atoms with Crippen LogP contribution in [0, 0.1) is 0 Å². The number of hydrogen-bond acceptors (Lipinski definition) is 5. The molecule has 1 N–H and O–H groups in total. The maximum absolute atomic E-state index is 12.5. The van der Waals surface area contributed by atoms with E-state index >= 15 is 0 Å². The Hall–Kier alpha value is -2.17. The van der Waals surface area contributed by atoms with Crippen LogP contribution in [0.4, 0.5) is 18.9 Å². The minimum absolute atomic E-state index is 0.0114. The molecule has 0 radical (unpaired) electrons. The number of benzene rings is 2. The third kappa shape index (κ3) is 6.41. The SMILES string of the molecule is O=C(CSc1nncn1-c1cccc(Cl)c1)Nc1ccccc1SCC(F)(F)F. The number of hydrogen-bond donors (Lipinski definition) is 1. The van der Waals surface area contributed by atoms with Crippen molar-refractivity contribution in [3.8, 4) is 5.69 Å². The van der Waals surface area contributed by atoms with Crippen molar-refractivity contribution in [2.24, 2.45) is 0 Å². The maximum Gasteiger partial charge on any atom is 0.398 e. The van der Waals surface area contributed by atoms with Crippen LogP contribution in [0.1, 0.15) is 0 Å². The highest BCUT2D eigenvalue weighted by Crippen LogP contribution is 2.32. The van der Waals surface area contributed by atoms with E-state index in [-0.39, 0.29) is 11.7 Å². The van der Waals surface area contributed by atoms with Gasteiger partial charge in [-0.15, -0.1) is 22.0 Å². The lowest BCUT2D eigenvalue weighted by molar-refractivity contribution is -0.113. The Morgan fingerprint density at radius 1 is 1.14 bits per heavy atom. The zero-order chi connectivity index (χ0) is 20.9. The lowest BCUT2D eigenvalue weighted by atomic mass is 10.3. The number of thioether (sulfide) groups is 2. The van der Waals surface area contributed by atoms with Crippen LogP contribution in [0.3, 0.4) is 0 Å². The Morgan fingerprint density at radius 3 is 2.69 bits per heavy atom. The van der Waals surface area contributed by atoms with Gasteiger partial charge in [-0.05, 0) is 30.3 Å². The maximum atomic E-state index is 12.5. The molecule has 0 unspecified atom stereocenters. The fourth-order valence-electron chi connectivity index (χ4n) is 2.30. The normalized spacial score (nSPS) is 11.4. The van der Waals surface area contributed by atoms with E-state index in [2.05, 4.69) is 15.5 Å². The number of halogens is 4. The first-order chi connectivity index (χ1) is 13.8. The van der Waals surface area contributed by atoms with Gasteiger partial charge in [0.05, 0.1) is 22.9 Å². The minimum Gasteiger partial charge on any atom is -0.324 e. The second-order valence-electron chi connectivity index (χ2n) is 5.70. The van der Waals surface area contributed by atoms with Gasteiger partial charge in [-0.1, -0.05) is 41.6 Å². The summed E-state index contributed by atoms with van der Waals surface area (Å²) < 4.78 is 39.1. The monoisotopic (exact) mass is 458 g/mol. The van der Waals surface area contributed by atoms with Gasteiger partial charge in [-0.3, -0.25) is 9.36 Å². The number of carbonyl (C=O) groups is 1. The molecular weight excluding hydrogens is 445 g/mol. The smallest absolute Gasteiger partial charge is 0.324 e. The molecule has 2 aromatic carbocycles. The molecule has 152 valence electrons. The van der Waals surface area contributed by atoms with Crippen molar-refractivity contribution in [1.29, 1.82) is 0 Å². The first-order valence-corrected chi connectivity index (χ1v) is 10.5. The number of nitrogens with one attached hydrogen (secondary N) is 1. The molecule has 11 heteroatoms. The van der Waals surface area contributed by atoms with E-state index in [4.69, 9.17) is 11.6 Å². The van der Waals surface area contributed by atoms with E-state index in [0.29, 0.717) is 32.5 Å². The standard InChI is InChI=1S/C18H14ClF3N4OS2/c19-12-4-3-5-13(8-12)26-11-23-25-17(26)28-9-16(27)24-14-6-1-2-7-15(14)29-10-18(20,21)22/h1-8,11H,9-10H2,(H,24,27). The van der Waals surface area contributed by atoms with E-state index in [1.54, 1.807) is 41.0 Å². The van der Waals surface area contributed by atoms with Crippen LogP contribution < -0.4 is 5.32 Å². The van der Waals surface area contributed by atoms with Gasteiger partial charge in [-0.25, -0.2) is 0 Å². The first-order valence-electron chi connectivity index (χ1n) is 8.19. The van der Waals surface area contributed by atoms with Crippen LogP contribution in [0.2, 0.25) is 5.02 Å². The Morgan fingerprint density at radius 2 is 1.93 bits per heavy atom. The van der Waals surface area contributed by atoms with Gasteiger partial charge in [0.2, 0.25) is 5.91 Å². The summed E-state index contributed by atoms with van der Waals surface area (Å²) in [7, 11) is 0. The minimum atomic E-state index is -4.29. The van der Waals surface area contributed by atoms with Crippen molar-refractivity contribution in [2.45, 2.75) is 16.2 Å². The summed E-state index contributed by atoms with van der Waals surface area (Å²) in [5.41, 5.74) is 1.09. The summed E-state index contributed by atoms with van der Waals surface area (Å²) in [6.07, 6.45) is -2.78. The first kappa shape index (κ1) is 21.5. The van der Waals surface area contributed by atoms with Crippen molar-refractivity contribution in [3.05, 3.63) is 59.9 Å². The molecule has 3 rings (SSSR count). The predicted octanol–water partition coefficient (Wildman–Crippen LogP) is 5.31. The van der Waals surface area contributed by atoms with Gasteiger partial charge < -0.3 is 5.32 Å². The average Bonchev–Trinajstić information content (AvgIpc) is 3.14. The highest BCUT2D eigenvalue weighted by Gasteiger charge is 2.27. The molecule has 1 amide bonds. The molecule has 0 fully saturated rings. The molecule has 0 bridgehead atoms. The van der Waals surface area contributed by atoms with Crippen LogP contribution >= 0.6 is 35.1 Å². The van der Waals surface area contributed by atoms with Crippen LogP contribution in [0.5, 0.6) is 0 Å². The van der Waals surface area contributed by atoms with Crippen molar-refractivity contribution >= 4 is 46.7 Å². The summed E-state index contributed by atoms with van der Waals surface area (Å²) in [4.78, 5) is 12.7. The largest absolute Gasteiger partial charge is 0.398 e. The van der Waals surface area contributed by atoms with Crippen molar-refractivity contribution in [3.63, 3.8) is 0 Å². The third-order valence-corrected chi connectivity index (χ3v) is 5.80. The molecule has 0 spiro atoms. The molecule has 3 aromatic rings. The number of para-hydroxylation sites is 1. The van der Waals surface area contributed by atoms with Crippen LogP contribution in [-0.4, -0.2) is 38.4 Å². The van der Waals surface area contributed by atoms with Crippen molar-refractivity contribution < 1.29 is 18.0 Å². The van der Waals surface area contributed by atoms with E-state index in [1.807, 2.05) is 6.07 Å². The van der Waals surface area contributed by atoms with Crippen molar-refractivity contribution in [2.75, 3.05) is 16.8 Å². The second-order valence-corrected chi connectivity index (χ2v) is 8.10. The summed E-state index contributed by atoms with van der Waals surface area (Å²) in [6.45, 7) is 0. The van der Waals surface area contributed by atoms with Gasteiger partial charge >= 0.3 is 6.18 Å². The molecule has 0 atom stereocenters. The van der Waals surface area contributed by atoms with Crippen LogP contribution in [-0.2, 0) is 4.79 Å². The second kappa shape index (κ2) is 9.55. The van der Waals surface area contributed by atoms with Crippen LogP contribution in [0.15, 0.2) is 64.9 Å². The zero-order valence-electron chi connectivity index (χ0n) is 14.7. The van der Waals surface area contributed by atoms with Gasteiger partial charge in [0, 0.05) is 9.92 Å². The van der Waals surface area contributed by atoms with E-state index in [1.165, 1.54) is 12.4 Å². The lowest BCUT2D eigenvalue weighted by Gasteiger charge is -2.12. The van der Waals surface area contributed by atoms with Gasteiger partial charge in [0.25, 0.3) is 0 Å². The molecule has 1 heterocycles. The Labute approximate surface area is 178 Å². The molecular formula is C18H14ClF3N4OS2. The Bertz CT molecular complexity index is 997. The predicted molar refractivity (Wildman–Crippen MR) is 109 cm³/mol. The molecule has 0 aliphatic rings. The quantitative estimate of drug-likeness (QED) is 0.486. The molecule has 5 nitrogen and oxygen atoms in total. The number of alkyl halides is 3. The highest BCUT2D eigenvalue weighted by atomic mass is 35.5. The number of rotatable bonds is 7. The molecule has 0 aliphatic heterocycles. The number of anilines is 1. The molecule has 29 heavy (non-hydrogen) atoms. The highest BCUT2D eigenvalue weighted by molar-refractivity contribution is 8.00. The molecule has 0 saturated heterocycles. The van der Waals surface area contributed by atoms with E-state index < -0.39 is 11.9 Å². The Balaban J connectivity index is 1.63. The fourth-order valence-corrected chi connectivity index (χ4v) is 3.98. The number of carbonyl (C=O) groups excluding carboxylic acids is 1. The van der Waals surface area contributed by atoms with Crippen LogP contribution in [0.25, 0.3) is 5.69 Å². The average molecular weight is 459 g/mol. The summed E-state index contributed by atoms with van der Waals surface area (Å²) in [5.74, 6) is -1.38. The van der Waals surface area contributed by atoms with Gasteiger partial charge in [0.15, 0.2) is 5.16 Å².